The van der Waals surface area contributed by atoms with Crippen molar-refractivity contribution in [2.24, 2.45) is 0 Å². The zero-order valence-corrected chi connectivity index (χ0v) is 10.3. The average Bonchev–Trinajstić information content (AvgIpc) is 2.23. The van der Waals surface area contributed by atoms with Crippen LogP contribution < -0.4 is 0 Å². The van der Waals surface area contributed by atoms with E-state index in [-0.39, 0.29) is 5.78 Å². The molecule has 0 aromatic rings. The normalized spacial score (nSPS) is 14.7. The van der Waals surface area contributed by atoms with E-state index in [9.17, 15) is 4.79 Å². The van der Waals surface area contributed by atoms with Crippen molar-refractivity contribution >= 4 is 5.78 Å². The summed E-state index contributed by atoms with van der Waals surface area (Å²) in [4.78, 5) is 11.9. The van der Waals surface area contributed by atoms with Gasteiger partial charge in [0.1, 0.15) is 0 Å². The number of ketones is 1. The molecule has 0 unspecified atom stereocenters. The average molecular weight is 194 g/mol. The van der Waals surface area contributed by atoms with Crippen LogP contribution in [0.2, 0.25) is 0 Å². The molecule has 0 fully saturated rings. The summed E-state index contributed by atoms with van der Waals surface area (Å²) in [5, 5.41) is 0. The first kappa shape index (κ1) is 13.2. The molecule has 0 aliphatic rings. The number of rotatable bonds is 4. The predicted octanol–water partition coefficient (Wildman–Crippen LogP) is 4.05. The Bertz CT molecular complexity index is 252. The molecule has 14 heavy (non-hydrogen) atoms. The van der Waals surface area contributed by atoms with E-state index in [0.717, 1.165) is 24.0 Å². The molecule has 0 saturated heterocycles. The second-order valence-corrected chi connectivity index (χ2v) is 3.85. The highest BCUT2D eigenvalue weighted by Crippen LogP contribution is 2.16. The van der Waals surface area contributed by atoms with Gasteiger partial charge in [-0.25, -0.2) is 0 Å². The molecule has 0 amide bonds. The molecule has 0 bridgehead atoms. The third-order valence-electron chi connectivity index (χ3n) is 3.02. The summed E-state index contributed by atoms with van der Waals surface area (Å²) in [5.41, 5.74) is 4.21. The molecule has 0 rings (SSSR count). The Morgan fingerprint density at radius 3 is 1.29 bits per heavy atom. The Balaban J connectivity index is 5.00. The molecule has 0 aliphatic heterocycles. The molecule has 0 spiro atoms. The Kier molecular flexibility index (Phi) is 5.44. The lowest BCUT2D eigenvalue weighted by Gasteiger charge is -2.08. The Labute approximate surface area is 87.9 Å². The van der Waals surface area contributed by atoms with Crippen molar-refractivity contribution < 1.29 is 4.79 Å². The van der Waals surface area contributed by atoms with Crippen molar-refractivity contribution in [3.05, 3.63) is 22.3 Å². The molecule has 1 heteroatoms. The second kappa shape index (κ2) is 5.79. The molecule has 80 valence electrons. The van der Waals surface area contributed by atoms with Crippen molar-refractivity contribution in [3.63, 3.8) is 0 Å². The standard InChI is InChI=1S/C13H22O/c1-7-9(3)11(5)13(14)12(6)10(4)8-2/h7-8H2,1-6H3. The Morgan fingerprint density at radius 1 is 0.786 bits per heavy atom. The van der Waals surface area contributed by atoms with E-state index in [1.165, 1.54) is 11.1 Å². The van der Waals surface area contributed by atoms with Gasteiger partial charge in [-0.1, -0.05) is 25.0 Å². The number of carbonyl (C=O) groups is 1. The fourth-order valence-electron chi connectivity index (χ4n) is 1.20. The fourth-order valence-corrected chi connectivity index (χ4v) is 1.20. The van der Waals surface area contributed by atoms with E-state index in [4.69, 9.17) is 0 Å². The quantitative estimate of drug-likeness (QED) is 0.617. The van der Waals surface area contributed by atoms with Crippen LogP contribution in [0.4, 0.5) is 0 Å². The summed E-state index contributed by atoms with van der Waals surface area (Å²) in [7, 11) is 0. The highest BCUT2D eigenvalue weighted by Gasteiger charge is 2.10. The van der Waals surface area contributed by atoms with Gasteiger partial charge in [0, 0.05) is 0 Å². The van der Waals surface area contributed by atoms with E-state index in [1.807, 2.05) is 27.7 Å². The van der Waals surface area contributed by atoms with Gasteiger partial charge in [0.2, 0.25) is 0 Å². The topological polar surface area (TPSA) is 17.1 Å². The van der Waals surface area contributed by atoms with Gasteiger partial charge in [0.15, 0.2) is 5.78 Å². The highest BCUT2D eigenvalue weighted by atomic mass is 16.1. The lowest BCUT2D eigenvalue weighted by Crippen LogP contribution is -2.05. The van der Waals surface area contributed by atoms with Crippen LogP contribution in [-0.4, -0.2) is 5.78 Å². The summed E-state index contributed by atoms with van der Waals surface area (Å²) in [6.07, 6.45) is 1.91. The van der Waals surface area contributed by atoms with Gasteiger partial charge in [0.25, 0.3) is 0 Å². The van der Waals surface area contributed by atoms with Gasteiger partial charge in [0.05, 0.1) is 0 Å². The van der Waals surface area contributed by atoms with Gasteiger partial charge < -0.3 is 0 Å². The molecule has 0 aromatic carbocycles. The predicted molar refractivity (Wildman–Crippen MR) is 62.3 cm³/mol. The van der Waals surface area contributed by atoms with Gasteiger partial charge in [-0.15, -0.1) is 0 Å². The SMILES string of the molecule is CCC(C)=C(C)C(=O)C(C)=C(C)CC. The van der Waals surface area contributed by atoms with Crippen LogP contribution in [0, 0.1) is 0 Å². The molecular formula is C13H22O. The molecule has 0 saturated carbocycles. The summed E-state index contributed by atoms with van der Waals surface area (Å²) in [5.74, 6) is 0.212. The second-order valence-electron chi connectivity index (χ2n) is 3.85. The number of Topliss-reactive ketones (excluding diaryl/α,β-unsaturated/α-hetero) is 1. The lowest BCUT2D eigenvalue weighted by molar-refractivity contribution is -0.112. The van der Waals surface area contributed by atoms with Crippen LogP contribution in [0.5, 0.6) is 0 Å². The van der Waals surface area contributed by atoms with Crippen molar-refractivity contribution in [2.75, 3.05) is 0 Å². The third-order valence-corrected chi connectivity index (χ3v) is 3.02. The van der Waals surface area contributed by atoms with Crippen LogP contribution in [-0.2, 0) is 4.79 Å². The van der Waals surface area contributed by atoms with Crippen LogP contribution in [0.3, 0.4) is 0 Å². The zero-order valence-electron chi connectivity index (χ0n) is 10.3. The number of carbonyl (C=O) groups excluding carboxylic acids is 1. The maximum atomic E-state index is 11.9. The fraction of sp³-hybridized carbons (Fsp3) is 0.615. The minimum absolute atomic E-state index is 0.212. The van der Waals surface area contributed by atoms with Crippen molar-refractivity contribution in [2.45, 2.75) is 54.4 Å². The highest BCUT2D eigenvalue weighted by molar-refractivity contribution is 6.08. The van der Waals surface area contributed by atoms with E-state index in [1.54, 1.807) is 0 Å². The zero-order chi connectivity index (χ0) is 11.3. The van der Waals surface area contributed by atoms with E-state index in [2.05, 4.69) is 13.8 Å². The summed E-state index contributed by atoms with van der Waals surface area (Å²) < 4.78 is 0. The van der Waals surface area contributed by atoms with E-state index in [0.29, 0.717) is 0 Å². The lowest BCUT2D eigenvalue weighted by atomic mass is 9.96. The summed E-state index contributed by atoms with van der Waals surface area (Å²) >= 11 is 0. The molecular weight excluding hydrogens is 172 g/mol. The number of hydrogen-bond donors (Lipinski definition) is 0. The first-order valence-corrected chi connectivity index (χ1v) is 5.33. The maximum Gasteiger partial charge on any atom is 0.184 e. The van der Waals surface area contributed by atoms with Gasteiger partial charge in [-0.2, -0.15) is 0 Å². The number of hydrogen-bond acceptors (Lipinski definition) is 1. The van der Waals surface area contributed by atoms with Crippen LogP contribution in [0.15, 0.2) is 22.3 Å². The molecule has 0 aromatic heterocycles. The van der Waals surface area contributed by atoms with E-state index < -0.39 is 0 Å². The minimum atomic E-state index is 0.212. The van der Waals surface area contributed by atoms with Gasteiger partial charge in [-0.05, 0) is 51.7 Å². The largest absolute Gasteiger partial charge is 0.289 e. The molecule has 0 atom stereocenters. The molecule has 0 aliphatic carbocycles. The number of allylic oxidation sites excluding steroid dienone is 4. The summed E-state index contributed by atoms with van der Waals surface area (Å²) in [6, 6.07) is 0. The molecule has 1 nitrogen and oxygen atoms in total. The third kappa shape index (κ3) is 3.13. The smallest absolute Gasteiger partial charge is 0.184 e. The van der Waals surface area contributed by atoms with Gasteiger partial charge in [-0.3, -0.25) is 4.79 Å². The summed E-state index contributed by atoms with van der Waals surface area (Å²) in [6.45, 7) is 12.1. The van der Waals surface area contributed by atoms with Crippen LogP contribution >= 0.6 is 0 Å². The Morgan fingerprint density at radius 2 is 1.07 bits per heavy atom. The molecule has 0 radical (unpaired) electrons. The molecule has 0 heterocycles. The van der Waals surface area contributed by atoms with Crippen molar-refractivity contribution in [1.82, 2.24) is 0 Å². The van der Waals surface area contributed by atoms with Crippen LogP contribution in [0.1, 0.15) is 54.4 Å². The van der Waals surface area contributed by atoms with E-state index >= 15 is 0 Å². The molecule has 0 N–H and O–H groups in total. The monoisotopic (exact) mass is 194 g/mol. The minimum Gasteiger partial charge on any atom is -0.289 e. The maximum absolute atomic E-state index is 11.9. The first-order valence-electron chi connectivity index (χ1n) is 5.33. The Hall–Kier alpha value is -0.850. The van der Waals surface area contributed by atoms with Crippen molar-refractivity contribution in [3.8, 4) is 0 Å². The van der Waals surface area contributed by atoms with Crippen molar-refractivity contribution in [1.29, 1.82) is 0 Å². The first-order chi connectivity index (χ1) is 6.45. The van der Waals surface area contributed by atoms with Crippen LogP contribution in [0.25, 0.3) is 0 Å². The van der Waals surface area contributed by atoms with Gasteiger partial charge >= 0.3 is 0 Å².